The highest BCUT2D eigenvalue weighted by Crippen LogP contribution is 2.25. The van der Waals surface area contributed by atoms with Crippen molar-refractivity contribution in [3.8, 4) is 17.6 Å². The van der Waals surface area contributed by atoms with Crippen molar-refractivity contribution in [1.82, 2.24) is 14.8 Å². The third-order valence-electron chi connectivity index (χ3n) is 5.64. The molecule has 0 spiro atoms. The Morgan fingerprint density at radius 3 is 2.29 bits per heavy atom. The summed E-state index contributed by atoms with van der Waals surface area (Å²) in [5.41, 5.74) is 2.11. The van der Waals surface area contributed by atoms with Crippen LogP contribution in [0.1, 0.15) is 22.1 Å². The Morgan fingerprint density at radius 2 is 1.65 bits per heavy atom. The van der Waals surface area contributed by atoms with Gasteiger partial charge in [0.2, 0.25) is 0 Å². The molecule has 0 bridgehead atoms. The second-order valence-electron chi connectivity index (χ2n) is 7.39. The number of methoxy groups -OCH3 is 2. The number of benzene rings is 2. The van der Waals surface area contributed by atoms with E-state index in [1.807, 2.05) is 48.5 Å². The normalized spacial score (nSPS) is 15.3. The van der Waals surface area contributed by atoms with Crippen molar-refractivity contribution in [1.29, 1.82) is 5.26 Å². The lowest BCUT2D eigenvalue weighted by Crippen LogP contribution is -2.49. The maximum Gasteiger partial charge on any atom is 0.272 e. The lowest BCUT2D eigenvalue weighted by Gasteiger charge is -2.36. The first-order valence-corrected chi connectivity index (χ1v) is 10.1. The van der Waals surface area contributed by atoms with E-state index in [4.69, 9.17) is 9.47 Å². The third-order valence-corrected chi connectivity index (χ3v) is 5.64. The molecule has 1 fully saturated rings. The summed E-state index contributed by atoms with van der Waals surface area (Å²) in [6.07, 6.45) is 0. The van der Waals surface area contributed by atoms with Gasteiger partial charge >= 0.3 is 0 Å². The summed E-state index contributed by atoms with van der Waals surface area (Å²) in [5, 5.41) is 10.7. The highest BCUT2D eigenvalue weighted by atomic mass is 16.5. The molecule has 7 nitrogen and oxygen atoms in total. The molecule has 2 heterocycles. The zero-order chi connectivity index (χ0) is 21.8. The number of fused-ring (bicyclic) bond motifs is 1. The van der Waals surface area contributed by atoms with Gasteiger partial charge in [0, 0.05) is 31.6 Å². The van der Waals surface area contributed by atoms with Crippen LogP contribution in [0.25, 0.3) is 10.9 Å². The minimum Gasteiger partial charge on any atom is -0.497 e. The van der Waals surface area contributed by atoms with Gasteiger partial charge in [-0.3, -0.25) is 9.69 Å². The molecule has 1 unspecified atom stereocenters. The molecular formula is C24H24N4O3. The summed E-state index contributed by atoms with van der Waals surface area (Å²) >= 11 is 0. The van der Waals surface area contributed by atoms with Crippen LogP contribution in [0.3, 0.4) is 0 Å². The third kappa shape index (κ3) is 4.30. The molecule has 158 valence electrons. The molecule has 0 N–H and O–H groups in total. The molecule has 2 aromatic carbocycles. The van der Waals surface area contributed by atoms with Crippen molar-refractivity contribution in [3.63, 3.8) is 0 Å². The molecule has 0 aliphatic carbocycles. The van der Waals surface area contributed by atoms with Gasteiger partial charge in [-0.05, 0) is 42.0 Å². The summed E-state index contributed by atoms with van der Waals surface area (Å²) in [4.78, 5) is 21.4. The van der Waals surface area contributed by atoms with E-state index in [2.05, 4.69) is 16.0 Å². The van der Waals surface area contributed by atoms with Gasteiger partial charge in [0.1, 0.15) is 23.2 Å². The molecular weight excluding hydrogens is 392 g/mol. The second kappa shape index (κ2) is 9.02. The summed E-state index contributed by atoms with van der Waals surface area (Å²) in [7, 11) is 3.24. The molecule has 7 heteroatoms. The number of hydrogen-bond acceptors (Lipinski definition) is 6. The number of piperazine rings is 1. The van der Waals surface area contributed by atoms with E-state index in [1.54, 1.807) is 25.2 Å². The van der Waals surface area contributed by atoms with E-state index in [0.717, 1.165) is 28.0 Å². The Labute approximate surface area is 181 Å². The molecule has 3 aromatic rings. The quantitative estimate of drug-likeness (QED) is 0.635. The van der Waals surface area contributed by atoms with Crippen LogP contribution in [-0.2, 0) is 0 Å². The molecule has 4 rings (SSSR count). The summed E-state index contributed by atoms with van der Waals surface area (Å²) in [6, 6.07) is 18.8. The van der Waals surface area contributed by atoms with Crippen LogP contribution in [0.2, 0.25) is 0 Å². The van der Waals surface area contributed by atoms with E-state index < -0.39 is 0 Å². The minimum absolute atomic E-state index is 0.0877. The van der Waals surface area contributed by atoms with E-state index in [-0.39, 0.29) is 11.9 Å². The number of amides is 1. The standard InChI is InChI=1S/C24H24N4O3/c1-30-19-6-3-17(4-7-19)23(16-25)27-11-13-28(14-12-27)24(29)22-9-5-18-15-20(31-2)8-10-21(18)26-22/h3-10,15,23H,11-14H2,1-2H3. The maximum atomic E-state index is 13.0. The summed E-state index contributed by atoms with van der Waals surface area (Å²) < 4.78 is 10.4. The number of carbonyl (C=O) groups excluding carboxylic acids is 1. The molecule has 0 saturated carbocycles. The summed E-state index contributed by atoms with van der Waals surface area (Å²) in [6.45, 7) is 2.35. The molecule has 1 aliphatic rings. The average molecular weight is 416 g/mol. The smallest absolute Gasteiger partial charge is 0.272 e. The zero-order valence-corrected chi connectivity index (χ0v) is 17.6. The van der Waals surface area contributed by atoms with Crippen molar-refractivity contribution in [2.75, 3.05) is 40.4 Å². The Hall–Kier alpha value is -3.63. The van der Waals surface area contributed by atoms with Crippen molar-refractivity contribution >= 4 is 16.8 Å². The van der Waals surface area contributed by atoms with Crippen LogP contribution in [0.5, 0.6) is 11.5 Å². The minimum atomic E-state index is -0.350. The van der Waals surface area contributed by atoms with E-state index in [1.165, 1.54) is 0 Å². The van der Waals surface area contributed by atoms with Gasteiger partial charge in [0.15, 0.2) is 0 Å². The van der Waals surface area contributed by atoms with Gasteiger partial charge in [-0.1, -0.05) is 18.2 Å². The van der Waals surface area contributed by atoms with Crippen molar-refractivity contribution in [2.45, 2.75) is 6.04 Å². The Kier molecular flexibility index (Phi) is 6.01. The van der Waals surface area contributed by atoms with E-state index in [9.17, 15) is 10.1 Å². The van der Waals surface area contributed by atoms with Crippen molar-refractivity contribution in [2.24, 2.45) is 0 Å². The largest absolute Gasteiger partial charge is 0.497 e. The number of hydrogen-bond donors (Lipinski definition) is 0. The van der Waals surface area contributed by atoms with Crippen LogP contribution in [0, 0.1) is 11.3 Å². The fourth-order valence-corrected chi connectivity index (χ4v) is 3.85. The van der Waals surface area contributed by atoms with Crippen LogP contribution in [-0.4, -0.2) is 61.1 Å². The Bertz CT molecular complexity index is 1120. The molecule has 1 amide bonds. The highest BCUT2D eigenvalue weighted by Gasteiger charge is 2.28. The molecule has 1 atom stereocenters. The molecule has 31 heavy (non-hydrogen) atoms. The van der Waals surface area contributed by atoms with Gasteiger partial charge in [-0.15, -0.1) is 0 Å². The highest BCUT2D eigenvalue weighted by molar-refractivity contribution is 5.95. The Morgan fingerprint density at radius 1 is 0.968 bits per heavy atom. The first-order valence-electron chi connectivity index (χ1n) is 10.1. The predicted octanol–water partition coefficient (Wildman–Crippen LogP) is 3.27. The number of rotatable bonds is 5. The maximum absolute atomic E-state index is 13.0. The number of carbonyl (C=O) groups is 1. The van der Waals surface area contributed by atoms with Gasteiger partial charge in [-0.25, -0.2) is 4.98 Å². The number of nitriles is 1. The van der Waals surface area contributed by atoms with Crippen molar-refractivity contribution in [3.05, 3.63) is 65.9 Å². The van der Waals surface area contributed by atoms with Gasteiger partial charge in [0.25, 0.3) is 5.91 Å². The SMILES string of the molecule is COc1ccc(C(C#N)N2CCN(C(=O)c3ccc4cc(OC)ccc4n3)CC2)cc1. The first kappa shape index (κ1) is 20.6. The van der Waals surface area contributed by atoms with Gasteiger partial charge in [0.05, 0.1) is 25.8 Å². The lowest BCUT2D eigenvalue weighted by molar-refractivity contribution is 0.0601. The molecule has 1 saturated heterocycles. The van der Waals surface area contributed by atoms with E-state index in [0.29, 0.717) is 31.9 Å². The van der Waals surface area contributed by atoms with Crippen molar-refractivity contribution < 1.29 is 14.3 Å². The topological polar surface area (TPSA) is 78.7 Å². The van der Waals surface area contributed by atoms with Crippen LogP contribution < -0.4 is 9.47 Å². The number of pyridine rings is 1. The first-order chi connectivity index (χ1) is 15.1. The summed E-state index contributed by atoms with van der Waals surface area (Å²) in [5.74, 6) is 1.43. The molecule has 1 aliphatic heterocycles. The van der Waals surface area contributed by atoms with Gasteiger partial charge in [-0.2, -0.15) is 5.26 Å². The Balaban J connectivity index is 1.43. The fraction of sp³-hybridized carbons (Fsp3) is 0.292. The molecule has 1 aromatic heterocycles. The predicted molar refractivity (Wildman–Crippen MR) is 117 cm³/mol. The number of nitrogens with zero attached hydrogens (tertiary/aromatic N) is 4. The second-order valence-corrected chi connectivity index (χ2v) is 7.39. The zero-order valence-electron chi connectivity index (χ0n) is 17.6. The van der Waals surface area contributed by atoms with Gasteiger partial charge < -0.3 is 14.4 Å². The lowest BCUT2D eigenvalue weighted by atomic mass is 10.1. The monoisotopic (exact) mass is 416 g/mol. The average Bonchev–Trinajstić information content (AvgIpc) is 2.84. The van der Waals surface area contributed by atoms with Crippen LogP contribution in [0.15, 0.2) is 54.6 Å². The van der Waals surface area contributed by atoms with Crippen LogP contribution in [0.4, 0.5) is 0 Å². The fourth-order valence-electron chi connectivity index (χ4n) is 3.85. The number of aromatic nitrogens is 1. The van der Waals surface area contributed by atoms with Crippen LogP contribution >= 0.6 is 0 Å². The molecule has 0 radical (unpaired) electrons. The van der Waals surface area contributed by atoms with E-state index >= 15 is 0 Å². The number of ether oxygens (including phenoxy) is 2.